The van der Waals surface area contributed by atoms with E-state index >= 15 is 0 Å². The molecule has 1 aromatic carbocycles. The Labute approximate surface area is 109 Å². The molecule has 100 valence electrons. The van der Waals surface area contributed by atoms with Gasteiger partial charge in [-0.3, -0.25) is 0 Å². The molecule has 0 amide bonds. The van der Waals surface area contributed by atoms with E-state index in [2.05, 4.69) is 19.2 Å². The topological polar surface area (TPSA) is 21.3 Å². The van der Waals surface area contributed by atoms with Crippen LogP contribution in [-0.4, -0.2) is 18.8 Å². The number of hydrogen-bond donors (Lipinski definition) is 1. The van der Waals surface area contributed by atoms with Gasteiger partial charge in [-0.05, 0) is 31.9 Å². The molecule has 1 N–H and O–H groups in total. The van der Waals surface area contributed by atoms with Crippen molar-refractivity contribution in [1.82, 2.24) is 0 Å². The lowest BCUT2D eigenvalue weighted by atomic mass is 9.64. The Morgan fingerprint density at radius 3 is 2.72 bits per heavy atom. The Kier molecular flexibility index (Phi) is 3.62. The Morgan fingerprint density at radius 2 is 2.17 bits per heavy atom. The average Bonchev–Trinajstić information content (AvgIpc) is 2.31. The summed E-state index contributed by atoms with van der Waals surface area (Å²) in [5, 5.41) is 3.34. The number of anilines is 1. The van der Waals surface area contributed by atoms with Gasteiger partial charge in [0.2, 0.25) is 0 Å². The number of rotatable bonds is 4. The third kappa shape index (κ3) is 2.24. The van der Waals surface area contributed by atoms with E-state index in [1.54, 1.807) is 6.07 Å². The maximum absolute atomic E-state index is 13.8. The van der Waals surface area contributed by atoms with E-state index in [4.69, 9.17) is 4.74 Å². The van der Waals surface area contributed by atoms with Gasteiger partial charge < -0.3 is 10.1 Å². The summed E-state index contributed by atoms with van der Waals surface area (Å²) in [7, 11) is 0. The van der Waals surface area contributed by atoms with Crippen LogP contribution in [0.2, 0.25) is 0 Å². The van der Waals surface area contributed by atoms with Gasteiger partial charge in [0.15, 0.2) is 0 Å². The monoisotopic (exact) mass is 251 g/mol. The number of halogens is 1. The molecule has 1 saturated carbocycles. The molecule has 18 heavy (non-hydrogen) atoms. The highest BCUT2D eigenvalue weighted by molar-refractivity contribution is 5.53. The molecule has 1 aliphatic carbocycles. The fourth-order valence-electron chi connectivity index (χ4n) is 2.60. The second kappa shape index (κ2) is 4.88. The molecule has 2 atom stereocenters. The van der Waals surface area contributed by atoms with Crippen LogP contribution in [0.4, 0.5) is 10.1 Å². The van der Waals surface area contributed by atoms with E-state index in [0.29, 0.717) is 5.69 Å². The van der Waals surface area contributed by atoms with Crippen LogP contribution in [0.25, 0.3) is 0 Å². The smallest absolute Gasteiger partial charge is 0.146 e. The number of hydrogen-bond acceptors (Lipinski definition) is 2. The Hall–Kier alpha value is -1.09. The number of para-hydroxylation sites is 1. The van der Waals surface area contributed by atoms with Crippen molar-refractivity contribution < 1.29 is 9.13 Å². The fraction of sp³-hybridized carbons (Fsp3) is 0.600. The predicted molar refractivity (Wildman–Crippen MR) is 72.4 cm³/mol. The Morgan fingerprint density at radius 1 is 1.44 bits per heavy atom. The molecule has 1 fully saturated rings. The minimum Gasteiger partial charge on any atom is -0.379 e. The maximum Gasteiger partial charge on any atom is 0.146 e. The molecular weight excluding hydrogens is 229 g/mol. The van der Waals surface area contributed by atoms with Crippen LogP contribution in [0.3, 0.4) is 0 Å². The molecule has 2 nitrogen and oxygen atoms in total. The molecule has 1 aromatic rings. The van der Waals surface area contributed by atoms with Gasteiger partial charge in [0.05, 0.1) is 11.8 Å². The largest absolute Gasteiger partial charge is 0.379 e. The van der Waals surface area contributed by atoms with Crippen molar-refractivity contribution in [3.63, 3.8) is 0 Å². The summed E-state index contributed by atoms with van der Waals surface area (Å²) >= 11 is 0. The van der Waals surface area contributed by atoms with Crippen molar-refractivity contribution in [2.45, 2.75) is 46.3 Å². The van der Waals surface area contributed by atoms with Gasteiger partial charge in [-0.15, -0.1) is 0 Å². The second-order valence-electron chi connectivity index (χ2n) is 5.63. The van der Waals surface area contributed by atoms with Gasteiger partial charge >= 0.3 is 0 Å². The van der Waals surface area contributed by atoms with Gasteiger partial charge in [0, 0.05) is 18.1 Å². The summed E-state index contributed by atoms with van der Waals surface area (Å²) < 4.78 is 19.5. The molecule has 0 aromatic heterocycles. The zero-order valence-corrected chi connectivity index (χ0v) is 11.6. The molecule has 0 heterocycles. The maximum atomic E-state index is 13.8. The first-order valence-electron chi connectivity index (χ1n) is 6.60. The number of ether oxygens (including phenoxy) is 1. The van der Waals surface area contributed by atoms with Crippen molar-refractivity contribution in [1.29, 1.82) is 0 Å². The third-order valence-electron chi connectivity index (χ3n) is 4.09. The lowest BCUT2D eigenvalue weighted by molar-refractivity contribution is -0.0976. The Bertz CT molecular complexity index is 410. The summed E-state index contributed by atoms with van der Waals surface area (Å²) in [5.74, 6) is -0.175. The first-order chi connectivity index (χ1) is 8.46. The van der Waals surface area contributed by atoms with Crippen molar-refractivity contribution in [3.05, 3.63) is 29.6 Å². The molecule has 2 rings (SSSR count). The summed E-state index contributed by atoms with van der Waals surface area (Å²) in [5.41, 5.74) is 1.63. The highest BCUT2D eigenvalue weighted by Gasteiger charge is 2.49. The predicted octanol–water partition coefficient (Wildman–Crippen LogP) is 3.75. The second-order valence-corrected chi connectivity index (χ2v) is 5.63. The van der Waals surface area contributed by atoms with Crippen molar-refractivity contribution in [3.8, 4) is 0 Å². The Balaban J connectivity index is 2.08. The molecule has 0 spiro atoms. The molecule has 0 bridgehead atoms. The lowest BCUT2D eigenvalue weighted by Crippen LogP contribution is -2.58. The highest BCUT2D eigenvalue weighted by atomic mass is 19.1. The summed E-state index contributed by atoms with van der Waals surface area (Å²) in [6.07, 6.45) is 1.21. The van der Waals surface area contributed by atoms with E-state index in [-0.39, 0.29) is 23.4 Å². The molecule has 2 unspecified atom stereocenters. The van der Waals surface area contributed by atoms with Crippen LogP contribution < -0.4 is 5.32 Å². The number of benzene rings is 1. The van der Waals surface area contributed by atoms with Crippen LogP contribution >= 0.6 is 0 Å². The van der Waals surface area contributed by atoms with Crippen LogP contribution in [0.1, 0.15) is 32.8 Å². The molecular formula is C15H22FNO. The molecule has 1 aliphatic rings. The molecule has 0 radical (unpaired) electrons. The van der Waals surface area contributed by atoms with Gasteiger partial charge in [0.1, 0.15) is 5.82 Å². The average molecular weight is 251 g/mol. The highest BCUT2D eigenvalue weighted by Crippen LogP contribution is 2.44. The van der Waals surface area contributed by atoms with Crippen molar-refractivity contribution >= 4 is 5.69 Å². The van der Waals surface area contributed by atoms with Crippen molar-refractivity contribution in [2.75, 3.05) is 11.9 Å². The summed E-state index contributed by atoms with van der Waals surface area (Å²) in [6, 6.07) is 5.44. The normalized spacial score (nSPS) is 25.6. The zero-order valence-electron chi connectivity index (χ0n) is 11.6. The van der Waals surface area contributed by atoms with Crippen LogP contribution in [0.15, 0.2) is 18.2 Å². The van der Waals surface area contributed by atoms with E-state index < -0.39 is 0 Å². The zero-order chi connectivity index (χ0) is 13.3. The summed E-state index contributed by atoms with van der Waals surface area (Å²) in [4.78, 5) is 0. The SMILES string of the molecule is CCOC1CC(Nc2c(C)cccc2F)C1(C)C. The van der Waals surface area contributed by atoms with Crippen LogP contribution in [0, 0.1) is 18.2 Å². The van der Waals surface area contributed by atoms with Gasteiger partial charge in [-0.25, -0.2) is 4.39 Å². The van der Waals surface area contributed by atoms with Gasteiger partial charge in [-0.2, -0.15) is 0 Å². The minimum absolute atomic E-state index is 0.0464. The van der Waals surface area contributed by atoms with E-state index in [9.17, 15) is 4.39 Å². The third-order valence-corrected chi connectivity index (χ3v) is 4.09. The van der Waals surface area contributed by atoms with Crippen LogP contribution in [-0.2, 0) is 4.74 Å². The van der Waals surface area contributed by atoms with Gasteiger partial charge in [-0.1, -0.05) is 26.0 Å². The van der Waals surface area contributed by atoms with E-state index in [1.165, 1.54) is 6.07 Å². The first-order valence-corrected chi connectivity index (χ1v) is 6.60. The standard InChI is InChI=1S/C15H22FNO/c1-5-18-13-9-12(15(13,3)4)17-14-10(2)7-6-8-11(14)16/h6-8,12-13,17H,5,9H2,1-4H3. The minimum atomic E-state index is -0.175. The fourth-order valence-corrected chi connectivity index (χ4v) is 2.60. The lowest BCUT2D eigenvalue weighted by Gasteiger charge is -2.52. The van der Waals surface area contributed by atoms with E-state index in [0.717, 1.165) is 18.6 Å². The van der Waals surface area contributed by atoms with E-state index in [1.807, 2.05) is 19.9 Å². The summed E-state index contributed by atoms with van der Waals surface area (Å²) in [6.45, 7) is 9.02. The quantitative estimate of drug-likeness (QED) is 0.880. The van der Waals surface area contributed by atoms with Gasteiger partial charge in [0.25, 0.3) is 0 Å². The van der Waals surface area contributed by atoms with Crippen molar-refractivity contribution in [2.24, 2.45) is 5.41 Å². The van der Waals surface area contributed by atoms with Crippen LogP contribution in [0.5, 0.6) is 0 Å². The number of aryl methyl sites for hydroxylation is 1. The molecule has 3 heteroatoms. The molecule has 0 saturated heterocycles. The first kappa shape index (κ1) is 13.3. The molecule has 0 aliphatic heterocycles. The number of nitrogens with one attached hydrogen (secondary N) is 1.